The number of aromatic nitrogens is 1. The Morgan fingerprint density at radius 1 is 0.906 bits per heavy atom. The van der Waals surface area contributed by atoms with Crippen molar-refractivity contribution >= 4 is 45.8 Å². The molecule has 3 heterocycles. The molecule has 270 valence electrons. The molecule has 1 saturated carbocycles. The molecule has 5 aromatic rings. The lowest BCUT2D eigenvalue weighted by molar-refractivity contribution is -0.140. The number of nitrogens with one attached hydrogen (secondary N) is 2. The summed E-state index contributed by atoms with van der Waals surface area (Å²) in [5.74, 6) is 0.392. The highest BCUT2D eigenvalue weighted by atomic mass is 16.7. The number of nitrogens with zero attached hydrogens (tertiary/aromatic N) is 3. The fourth-order valence-corrected chi connectivity index (χ4v) is 6.95. The normalized spacial score (nSPS) is 16.6. The van der Waals surface area contributed by atoms with Crippen molar-refractivity contribution in [1.29, 1.82) is 0 Å². The van der Waals surface area contributed by atoms with Crippen molar-refractivity contribution in [3.63, 3.8) is 0 Å². The van der Waals surface area contributed by atoms with Crippen LogP contribution < -0.4 is 19.7 Å². The Morgan fingerprint density at radius 3 is 2.43 bits per heavy atom. The highest BCUT2D eigenvalue weighted by Crippen LogP contribution is 2.36. The molecule has 2 aliphatic heterocycles. The second-order valence-electron chi connectivity index (χ2n) is 13.2. The molecule has 0 bridgehead atoms. The minimum atomic E-state index is -1.01. The lowest BCUT2D eigenvalue weighted by Crippen LogP contribution is -2.47. The third-order valence-corrected chi connectivity index (χ3v) is 9.59. The van der Waals surface area contributed by atoms with Crippen molar-refractivity contribution in [3.8, 4) is 11.5 Å². The summed E-state index contributed by atoms with van der Waals surface area (Å²) < 4.78 is 11.4. The number of anilines is 1. The molecule has 1 fully saturated rings. The molecule has 0 unspecified atom stereocenters. The second-order valence-corrected chi connectivity index (χ2v) is 13.2. The summed E-state index contributed by atoms with van der Waals surface area (Å²) in [5.41, 5.74) is 7.30. The Bertz CT molecular complexity index is 2190. The molecule has 0 radical (unpaired) electrons. The summed E-state index contributed by atoms with van der Waals surface area (Å²) in [6.45, 7) is 3.69. The molecule has 3 aliphatic rings. The molecule has 0 spiro atoms. The minimum absolute atomic E-state index is 0.216. The molecule has 2 amide bonds. The van der Waals surface area contributed by atoms with Gasteiger partial charge in [-0.15, -0.1) is 0 Å². The number of hydrogen-bond acceptors (Lipinski definition) is 8. The number of methoxy groups -OCH3 is 1. The number of hydrogen-bond donors (Lipinski definition) is 2. The summed E-state index contributed by atoms with van der Waals surface area (Å²) in [6.07, 6.45) is 4.60. The zero-order chi connectivity index (χ0) is 36.9. The Hall–Kier alpha value is -6.23. The van der Waals surface area contributed by atoms with Crippen molar-refractivity contribution < 1.29 is 28.7 Å². The molecule has 11 heteroatoms. The van der Waals surface area contributed by atoms with Crippen LogP contribution in [0.1, 0.15) is 72.3 Å². The third-order valence-electron chi connectivity index (χ3n) is 9.59. The van der Waals surface area contributed by atoms with Crippen LogP contribution in [0.5, 0.6) is 11.5 Å². The zero-order valence-corrected chi connectivity index (χ0v) is 29.9. The first kappa shape index (κ1) is 35.2. The number of benzene rings is 4. The van der Waals surface area contributed by atoms with Crippen LogP contribution in [-0.2, 0) is 20.8 Å². The number of amides is 2. The number of H-pyrrole nitrogens is 1. The lowest BCUT2D eigenvalue weighted by atomic mass is 9.98. The van der Waals surface area contributed by atoms with Gasteiger partial charge >= 0.3 is 5.97 Å². The molecule has 1 atom stereocenters. The van der Waals surface area contributed by atoms with Crippen LogP contribution in [0, 0.1) is 0 Å². The molecular weight excluding hydrogens is 670 g/mol. The van der Waals surface area contributed by atoms with E-state index in [9.17, 15) is 14.4 Å². The average molecular weight is 712 g/mol. The van der Waals surface area contributed by atoms with E-state index in [4.69, 9.17) is 14.5 Å². The number of carbonyl (C=O) groups excluding carboxylic acids is 3. The van der Waals surface area contributed by atoms with Gasteiger partial charge in [0.1, 0.15) is 5.69 Å². The van der Waals surface area contributed by atoms with E-state index < -0.39 is 12.1 Å². The quantitative estimate of drug-likeness (QED) is 0.102. The van der Waals surface area contributed by atoms with Crippen LogP contribution in [0.4, 0.5) is 5.69 Å². The summed E-state index contributed by atoms with van der Waals surface area (Å²) in [7, 11) is 1.62. The Kier molecular flexibility index (Phi) is 10.3. The smallest absolute Gasteiger partial charge is 0.331 e. The predicted molar refractivity (Wildman–Crippen MR) is 204 cm³/mol. The highest BCUT2D eigenvalue weighted by Gasteiger charge is 2.37. The number of aliphatic imine (C=N–C) groups is 1. The third kappa shape index (κ3) is 7.69. The van der Waals surface area contributed by atoms with E-state index in [1.54, 1.807) is 25.0 Å². The Morgan fingerprint density at radius 2 is 1.68 bits per heavy atom. The van der Waals surface area contributed by atoms with E-state index in [2.05, 4.69) is 26.4 Å². The first-order valence-corrected chi connectivity index (χ1v) is 17.8. The number of rotatable bonds is 8. The fourth-order valence-electron chi connectivity index (χ4n) is 6.95. The summed E-state index contributed by atoms with van der Waals surface area (Å²) in [5, 5.41) is 7.59. The molecule has 4 aromatic carbocycles. The number of para-hydroxylation sites is 2. The maximum absolute atomic E-state index is 13.5. The van der Waals surface area contributed by atoms with Crippen molar-refractivity contribution in [3.05, 3.63) is 125 Å². The Balaban J connectivity index is 0.000000181. The van der Waals surface area contributed by atoms with Crippen molar-refractivity contribution in [1.82, 2.24) is 10.3 Å². The largest absolute Gasteiger partial charge is 0.493 e. The molecule has 53 heavy (non-hydrogen) atoms. The molecule has 8 rings (SSSR count). The molecule has 0 saturated heterocycles. The van der Waals surface area contributed by atoms with Gasteiger partial charge in [0, 0.05) is 41.1 Å². The molecule has 11 nitrogen and oxygen atoms in total. The van der Waals surface area contributed by atoms with Gasteiger partial charge in [-0.05, 0) is 74.9 Å². The van der Waals surface area contributed by atoms with Gasteiger partial charge < -0.3 is 29.5 Å². The van der Waals surface area contributed by atoms with Gasteiger partial charge in [0.05, 0.1) is 30.3 Å². The predicted octanol–water partition coefficient (Wildman–Crippen LogP) is 6.97. The Labute approximate surface area is 307 Å². The number of ether oxygens (including phenoxy) is 2. The first-order chi connectivity index (χ1) is 25.8. The number of oxime groups is 1. The van der Waals surface area contributed by atoms with Gasteiger partial charge in [-0.1, -0.05) is 71.9 Å². The zero-order valence-electron chi connectivity index (χ0n) is 29.9. The van der Waals surface area contributed by atoms with Gasteiger partial charge in [0.15, 0.2) is 11.5 Å². The van der Waals surface area contributed by atoms with Crippen LogP contribution in [-0.4, -0.2) is 60.1 Å². The first-order valence-electron chi connectivity index (χ1n) is 17.8. The standard InChI is InChI=1S/C26H20N4O2.C16H21NO4/c31-25(21-15-18-9-4-5-12-20(18)27-21)29-24-26(32)30-14-13-17-10-6-11-19(23(17)30)22(28-24)16-7-2-1-3-8-16;1-11(17-21-12(2)18)13-8-9-15(19-3)16(10-13)20-14-6-4-5-7-14/h1-12,15,24,27H,13-14H2,(H,29,31);8-10,14H,4-7H2,1-3H3/b;17-11+/t24-;/m0./s1. The minimum Gasteiger partial charge on any atom is -0.493 e. The van der Waals surface area contributed by atoms with Gasteiger partial charge in [0.25, 0.3) is 11.8 Å². The topological polar surface area (TPSA) is 135 Å². The van der Waals surface area contributed by atoms with Crippen LogP contribution in [0.15, 0.2) is 107 Å². The van der Waals surface area contributed by atoms with E-state index in [0.29, 0.717) is 35.2 Å². The summed E-state index contributed by atoms with van der Waals surface area (Å²) in [4.78, 5) is 51.7. The van der Waals surface area contributed by atoms with Crippen molar-refractivity contribution in [2.45, 2.75) is 58.2 Å². The van der Waals surface area contributed by atoms with E-state index in [0.717, 1.165) is 58.1 Å². The molecule has 2 N–H and O–H groups in total. The van der Waals surface area contributed by atoms with Gasteiger partial charge in [-0.3, -0.25) is 9.59 Å². The number of aromatic amines is 1. The van der Waals surface area contributed by atoms with Crippen molar-refractivity contribution in [2.75, 3.05) is 18.6 Å². The van der Waals surface area contributed by atoms with Crippen LogP contribution in [0.2, 0.25) is 0 Å². The van der Waals surface area contributed by atoms with E-state index in [1.165, 1.54) is 19.8 Å². The number of carbonyl (C=O) groups is 3. The van der Waals surface area contributed by atoms with Crippen molar-refractivity contribution in [2.24, 2.45) is 10.1 Å². The summed E-state index contributed by atoms with van der Waals surface area (Å²) in [6, 6.07) is 30.9. The molecule has 1 aromatic heterocycles. The van der Waals surface area contributed by atoms with E-state index in [-0.39, 0.29) is 17.9 Å². The van der Waals surface area contributed by atoms with Crippen LogP contribution >= 0.6 is 0 Å². The van der Waals surface area contributed by atoms with Gasteiger partial charge in [-0.2, -0.15) is 0 Å². The van der Waals surface area contributed by atoms with Crippen LogP contribution in [0.25, 0.3) is 10.9 Å². The van der Waals surface area contributed by atoms with E-state index >= 15 is 0 Å². The SMILES string of the molecule is COc1ccc(/C(C)=N/OC(C)=O)cc1OC1CCCC1.O=C(N[C@@H]1N=C(c2ccccc2)c2cccc3c2N(CC3)C1=O)c1cc2ccccc2[nH]1. The van der Waals surface area contributed by atoms with Gasteiger partial charge in [-0.25, -0.2) is 9.79 Å². The average Bonchev–Trinajstić information content (AvgIpc) is 3.95. The van der Waals surface area contributed by atoms with E-state index in [1.807, 2.05) is 84.9 Å². The lowest BCUT2D eigenvalue weighted by Gasteiger charge is -2.20. The summed E-state index contributed by atoms with van der Waals surface area (Å²) >= 11 is 0. The molecular formula is C42H41N5O6. The maximum Gasteiger partial charge on any atom is 0.331 e. The monoisotopic (exact) mass is 711 g/mol. The maximum atomic E-state index is 13.5. The van der Waals surface area contributed by atoms with Gasteiger partial charge in [0.2, 0.25) is 6.17 Å². The molecule has 1 aliphatic carbocycles. The second kappa shape index (κ2) is 15.6. The number of fused-ring (bicyclic) bond motifs is 1. The highest BCUT2D eigenvalue weighted by molar-refractivity contribution is 6.21. The van der Waals surface area contributed by atoms with Crippen LogP contribution in [0.3, 0.4) is 0 Å². The fraction of sp³-hybridized carbons (Fsp3) is 0.262.